The predicted molar refractivity (Wildman–Crippen MR) is 145 cm³/mol. The minimum absolute atomic E-state index is 0.278. The number of hydrogen-bond acceptors (Lipinski definition) is 2. The highest BCUT2D eigenvalue weighted by molar-refractivity contribution is 6.08. The van der Waals surface area contributed by atoms with Gasteiger partial charge in [0.1, 0.15) is 6.61 Å². The van der Waals surface area contributed by atoms with Crippen LogP contribution in [0.4, 0.5) is 0 Å². The Labute approximate surface area is 206 Å². The van der Waals surface area contributed by atoms with E-state index < -0.39 is 0 Å². The molecule has 0 aliphatic carbocycles. The van der Waals surface area contributed by atoms with Crippen LogP contribution in [0.25, 0.3) is 21.8 Å². The molecule has 1 aromatic heterocycles. The van der Waals surface area contributed by atoms with Crippen LogP contribution in [0.2, 0.25) is 0 Å². The molecule has 0 atom stereocenters. The summed E-state index contributed by atoms with van der Waals surface area (Å²) in [5, 5.41) is 2.50. The van der Waals surface area contributed by atoms with Crippen molar-refractivity contribution in [1.29, 1.82) is 0 Å². The minimum atomic E-state index is -0.338. The van der Waals surface area contributed by atoms with Gasteiger partial charge in [-0.1, -0.05) is 108 Å². The van der Waals surface area contributed by atoms with Crippen LogP contribution in [0, 0.1) is 0 Å². The Kier molecular flexibility index (Phi) is 10.7. The zero-order valence-corrected chi connectivity index (χ0v) is 21.4. The Morgan fingerprint density at radius 3 is 2.03 bits per heavy atom. The van der Waals surface area contributed by atoms with Gasteiger partial charge >= 0.3 is 5.97 Å². The summed E-state index contributed by atoms with van der Waals surface area (Å²) >= 11 is 0. The summed E-state index contributed by atoms with van der Waals surface area (Å²) in [5.74, 6) is -0.338. The van der Waals surface area contributed by atoms with Crippen LogP contribution >= 0.6 is 0 Å². The van der Waals surface area contributed by atoms with Gasteiger partial charge in [-0.25, -0.2) is 4.79 Å². The van der Waals surface area contributed by atoms with E-state index in [4.69, 9.17) is 4.74 Å². The summed E-state index contributed by atoms with van der Waals surface area (Å²) in [7, 11) is 0. The van der Waals surface area contributed by atoms with Crippen LogP contribution in [0.5, 0.6) is 0 Å². The van der Waals surface area contributed by atoms with Crippen molar-refractivity contribution in [3.05, 3.63) is 60.2 Å². The summed E-state index contributed by atoms with van der Waals surface area (Å²) in [4.78, 5) is 11.8. The molecule has 3 heteroatoms. The molecule has 0 unspecified atom stereocenters. The standard InChI is InChI=1S/C31H43NO2/c1-4-5-6-7-8-9-10-11-12-13-14-17-22-32-29-19-16-15-18-27(29)28-23-26(20-21-30(28)32)24-34-31(33)25(2)3/h15-16,18-21,23H,2,4-14,17,22,24H2,1,3H3. The lowest BCUT2D eigenvalue weighted by atomic mass is 10.1. The van der Waals surface area contributed by atoms with Crippen molar-refractivity contribution in [2.45, 2.75) is 104 Å². The molecule has 0 fully saturated rings. The number of fused-ring (bicyclic) bond motifs is 3. The second-order valence-electron chi connectivity index (χ2n) is 9.77. The van der Waals surface area contributed by atoms with E-state index in [9.17, 15) is 4.79 Å². The lowest BCUT2D eigenvalue weighted by Crippen LogP contribution is -2.04. The third-order valence-corrected chi connectivity index (χ3v) is 6.79. The number of carbonyl (C=O) groups is 1. The normalized spacial score (nSPS) is 11.4. The van der Waals surface area contributed by atoms with E-state index in [1.807, 2.05) is 0 Å². The highest BCUT2D eigenvalue weighted by Crippen LogP contribution is 2.30. The second-order valence-corrected chi connectivity index (χ2v) is 9.77. The summed E-state index contributed by atoms with van der Waals surface area (Å²) in [6.45, 7) is 8.94. The largest absolute Gasteiger partial charge is 0.457 e. The molecule has 0 N–H and O–H groups in total. The molecule has 0 bridgehead atoms. The topological polar surface area (TPSA) is 31.2 Å². The van der Waals surface area contributed by atoms with Crippen molar-refractivity contribution in [2.75, 3.05) is 0 Å². The average Bonchev–Trinajstić information content (AvgIpc) is 3.16. The third-order valence-electron chi connectivity index (χ3n) is 6.79. The Bertz CT molecular complexity index is 1060. The lowest BCUT2D eigenvalue weighted by Gasteiger charge is -2.09. The molecule has 3 rings (SSSR count). The van der Waals surface area contributed by atoms with E-state index >= 15 is 0 Å². The molecule has 0 amide bonds. The maximum Gasteiger partial charge on any atom is 0.333 e. The highest BCUT2D eigenvalue weighted by atomic mass is 16.5. The van der Waals surface area contributed by atoms with Gasteiger partial charge in [0.25, 0.3) is 0 Å². The van der Waals surface area contributed by atoms with Crippen LogP contribution in [0.1, 0.15) is 96.5 Å². The summed E-state index contributed by atoms with van der Waals surface area (Å²) in [5.41, 5.74) is 3.99. The molecular formula is C31H43NO2. The number of carbonyl (C=O) groups excluding carboxylic acids is 1. The smallest absolute Gasteiger partial charge is 0.333 e. The minimum Gasteiger partial charge on any atom is -0.457 e. The molecule has 1 heterocycles. The fourth-order valence-electron chi connectivity index (χ4n) is 4.81. The Balaban J connectivity index is 1.50. The number of para-hydroxylation sites is 1. The predicted octanol–water partition coefficient (Wildman–Crippen LogP) is 9.11. The number of aryl methyl sites for hydroxylation is 1. The zero-order valence-electron chi connectivity index (χ0n) is 21.4. The molecule has 3 nitrogen and oxygen atoms in total. The Morgan fingerprint density at radius 2 is 1.38 bits per heavy atom. The van der Waals surface area contributed by atoms with Gasteiger partial charge in [0, 0.05) is 33.9 Å². The van der Waals surface area contributed by atoms with E-state index in [0.717, 1.165) is 12.1 Å². The fraction of sp³-hybridized carbons (Fsp3) is 0.516. The van der Waals surface area contributed by atoms with E-state index in [0.29, 0.717) is 5.57 Å². The summed E-state index contributed by atoms with van der Waals surface area (Å²) in [6.07, 6.45) is 16.4. The molecule has 3 aromatic rings. The van der Waals surface area contributed by atoms with E-state index in [1.54, 1.807) is 6.92 Å². The number of nitrogens with zero attached hydrogens (tertiary/aromatic N) is 1. The lowest BCUT2D eigenvalue weighted by molar-refractivity contribution is -0.140. The van der Waals surface area contributed by atoms with Crippen molar-refractivity contribution in [3.8, 4) is 0 Å². The third kappa shape index (κ3) is 7.48. The molecule has 0 spiro atoms. The van der Waals surface area contributed by atoms with Gasteiger partial charge in [-0.15, -0.1) is 0 Å². The van der Waals surface area contributed by atoms with Gasteiger partial charge in [-0.3, -0.25) is 0 Å². The van der Waals surface area contributed by atoms with Crippen molar-refractivity contribution in [2.24, 2.45) is 0 Å². The summed E-state index contributed by atoms with van der Waals surface area (Å²) in [6, 6.07) is 15.1. The van der Waals surface area contributed by atoms with E-state index in [2.05, 4.69) is 60.5 Å². The molecule has 34 heavy (non-hydrogen) atoms. The van der Waals surface area contributed by atoms with E-state index in [1.165, 1.54) is 98.9 Å². The maximum absolute atomic E-state index is 11.8. The average molecular weight is 462 g/mol. The number of ether oxygens (including phenoxy) is 1. The monoisotopic (exact) mass is 461 g/mol. The van der Waals surface area contributed by atoms with Crippen molar-refractivity contribution >= 4 is 27.8 Å². The second kappa shape index (κ2) is 14.0. The molecule has 0 aliphatic heterocycles. The number of benzene rings is 2. The van der Waals surface area contributed by atoms with Crippen LogP contribution in [0.3, 0.4) is 0 Å². The molecule has 0 saturated heterocycles. The molecule has 0 radical (unpaired) electrons. The first-order valence-electron chi connectivity index (χ1n) is 13.4. The Morgan fingerprint density at radius 1 is 0.794 bits per heavy atom. The first-order valence-corrected chi connectivity index (χ1v) is 13.4. The van der Waals surface area contributed by atoms with Crippen LogP contribution in [-0.2, 0) is 22.7 Å². The fourth-order valence-corrected chi connectivity index (χ4v) is 4.81. The Hall–Kier alpha value is -2.55. The van der Waals surface area contributed by atoms with Crippen LogP contribution in [-0.4, -0.2) is 10.5 Å². The van der Waals surface area contributed by atoms with Crippen molar-refractivity contribution in [3.63, 3.8) is 0 Å². The SMILES string of the molecule is C=C(C)C(=O)OCc1ccc2c(c1)c1ccccc1n2CCCCCCCCCCCCCC. The molecular weight excluding hydrogens is 418 g/mol. The van der Waals surface area contributed by atoms with Crippen molar-refractivity contribution in [1.82, 2.24) is 4.57 Å². The van der Waals surface area contributed by atoms with E-state index in [-0.39, 0.29) is 12.6 Å². The molecule has 184 valence electrons. The number of esters is 1. The highest BCUT2D eigenvalue weighted by Gasteiger charge is 2.11. The van der Waals surface area contributed by atoms with Crippen molar-refractivity contribution < 1.29 is 9.53 Å². The maximum atomic E-state index is 11.8. The van der Waals surface area contributed by atoms with Gasteiger partial charge in [0.15, 0.2) is 0 Å². The van der Waals surface area contributed by atoms with Gasteiger partial charge in [-0.2, -0.15) is 0 Å². The quantitative estimate of drug-likeness (QED) is 0.121. The van der Waals surface area contributed by atoms with Gasteiger partial charge in [0.2, 0.25) is 0 Å². The number of rotatable bonds is 16. The molecule has 2 aromatic carbocycles. The van der Waals surface area contributed by atoms with Crippen LogP contribution < -0.4 is 0 Å². The van der Waals surface area contributed by atoms with Gasteiger partial charge in [0.05, 0.1) is 0 Å². The first-order chi connectivity index (χ1) is 16.6. The van der Waals surface area contributed by atoms with Crippen LogP contribution in [0.15, 0.2) is 54.6 Å². The molecule has 0 aliphatic rings. The number of unbranched alkanes of at least 4 members (excludes halogenated alkanes) is 11. The first kappa shape index (κ1) is 26.1. The molecule has 0 saturated carbocycles. The van der Waals surface area contributed by atoms with Gasteiger partial charge in [-0.05, 0) is 37.1 Å². The van der Waals surface area contributed by atoms with Gasteiger partial charge < -0.3 is 9.30 Å². The number of hydrogen-bond donors (Lipinski definition) is 0. The zero-order chi connectivity index (χ0) is 24.2. The summed E-state index contributed by atoms with van der Waals surface area (Å²) < 4.78 is 7.82. The number of aromatic nitrogens is 1.